The van der Waals surface area contributed by atoms with Crippen molar-refractivity contribution in [3.63, 3.8) is 0 Å². The molecule has 0 heterocycles. The van der Waals surface area contributed by atoms with Crippen LogP contribution in [0.1, 0.15) is 43.7 Å². The van der Waals surface area contributed by atoms with E-state index in [0.717, 1.165) is 32.1 Å². The number of nitro benzene ring substituents is 1. The molecule has 0 unspecified atom stereocenters. The smallest absolute Gasteiger partial charge is 0.312 e. The molecular formula is C14H19BrN2O4. The number of rotatable bonds is 4. The number of benzene rings is 1. The van der Waals surface area contributed by atoms with E-state index < -0.39 is 28.5 Å². The summed E-state index contributed by atoms with van der Waals surface area (Å²) in [6.07, 6.45) is 4.24. The molecule has 1 aliphatic rings. The number of hydrogen-bond acceptors (Lipinski definition) is 5. The standard InChI is InChI=1S/C14H19BrN2O4/c15-9-6-10(14(19)11(7-9)17(20)21)12(16)13(18)8-4-2-1-3-5-8/h6-8,12-13,18-19H,1-5,16H2/t12-,13+/m0/s1. The first-order chi connectivity index (χ1) is 9.91. The maximum absolute atomic E-state index is 10.9. The minimum atomic E-state index is -0.843. The number of nitrogens with zero attached hydrogens (tertiary/aromatic N) is 1. The van der Waals surface area contributed by atoms with Gasteiger partial charge in [0, 0.05) is 16.1 Å². The zero-order chi connectivity index (χ0) is 15.6. The Kier molecular flexibility index (Phi) is 5.18. The molecule has 0 amide bonds. The maximum atomic E-state index is 10.9. The second-order valence-electron chi connectivity index (χ2n) is 5.53. The molecule has 0 aromatic heterocycles. The lowest BCUT2D eigenvalue weighted by molar-refractivity contribution is -0.386. The van der Waals surface area contributed by atoms with Crippen molar-refractivity contribution >= 4 is 21.6 Å². The van der Waals surface area contributed by atoms with E-state index in [1.807, 2.05) is 0 Å². The molecular weight excluding hydrogens is 340 g/mol. The Morgan fingerprint density at radius 3 is 2.52 bits per heavy atom. The van der Waals surface area contributed by atoms with E-state index in [1.54, 1.807) is 0 Å². The summed E-state index contributed by atoms with van der Waals surface area (Å²) in [6, 6.07) is 1.90. The van der Waals surface area contributed by atoms with Gasteiger partial charge in [0.05, 0.1) is 17.1 Å². The number of nitro groups is 1. The summed E-state index contributed by atoms with van der Waals surface area (Å²) >= 11 is 3.18. The molecule has 2 atom stereocenters. The van der Waals surface area contributed by atoms with Gasteiger partial charge in [0.15, 0.2) is 5.75 Å². The van der Waals surface area contributed by atoms with Crippen molar-refractivity contribution in [1.82, 2.24) is 0 Å². The summed E-state index contributed by atoms with van der Waals surface area (Å²) in [5.41, 5.74) is 5.85. The molecule has 0 bridgehead atoms. The quantitative estimate of drug-likeness (QED) is 0.566. The highest BCUT2D eigenvalue weighted by Gasteiger charge is 2.31. The fraction of sp³-hybridized carbons (Fsp3) is 0.571. The van der Waals surface area contributed by atoms with Gasteiger partial charge in [-0.05, 0) is 24.8 Å². The Balaban J connectivity index is 2.29. The largest absolute Gasteiger partial charge is 0.502 e. The van der Waals surface area contributed by atoms with Crippen LogP contribution in [0.4, 0.5) is 5.69 Å². The van der Waals surface area contributed by atoms with Gasteiger partial charge >= 0.3 is 5.69 Å². The Morgan fingerprint density at radius 2 is 1.95 bits per heavy atom. The van der Waals surface area contributed by atoms with E-state index in [0.29, 0.717) is 4.47 Å². The average Bonchev–Trinajstić information content (AvgIpc) is 2.48. The normalized spacial score (nSPS) is 19.2. The molecule has 0 saturated heterocycles. The highest BCUT2D eigenvalue weighted by Crippen LogP contribution is 2.39. The van der Waals surface area contributed by atoms with E-state index in [1.165, 1.54) is 12.1 Å². The predicted molar refractivity (Wildman–Crippen MR) is 82.0 cm³/mol. The van der Waals surface area contributed by atoms with Crippen molar-refractivity contribution < 1.29 is 15.1 Å². The lowest BCUT2D eigenvalue weighted by Crippen LogP contribution is -2.34. The second-order valence-corrected chi connectivity index (χ2v) is 6.45. The maximum Gasteiger partial charge on any atom is 0.312 e. The molecule has 1 aliphatic carbocycles. The molecule has 1 aromatic carbocycles. The van der Waals surface area contributed by atoms with Crippen LogP contribution < -0.4 is 5.73 Å². The van der Waals surface area contributed by atoms with Crippen LogP contribution in [-0.2, 0) is 0 Å². The first-order valence-electron chi connectivity index (χ1n) is 7.02. The van der Waals surface area contributed by atoms with Crippen molar-refractivity contribution in [3.05, 3.63) is 32.3 Å². The Hall–Kier alpha value is -1.18. The monoisotopic (exact) mass is 358 g/mol. The molecule has 116 valence electrons. The van der Waals surface area contributed by atoms with Crippen LogP contribution in [0, 0.1) is 16.0 Å². The molecule has 1 fully saturated rings. The lowest BCUT2D eigenvalue weighted by Gasteiger charge is -2.30. The minimum Gasteiger partial charge on any atom is -0.502 e. The average molecular weight is 359 g/mol. The molecule has 1 saturated carbocycles. The number of aromatic hydroxyl groups is 1. The van der Waals surface area contributed by atoms with E-state index >= 15 is 0 Å². The SMILES string of the molecule is N[C@@H](c1cc(Br)cc([N+](=O)[O-])c1O)[C@H](O)C1CCCCC1. The molecule has 0 radical (unpaired) electrons. The van der Waals surface area contributed by atoms with Gasteiger partial charge in [-0.2, -0.15) is 0 Å². The van der Waals surface area contributed by atoms with Crippen LogP contribution in [0.3, 0.4) is 0 Å². The highest BCUT2D eigenvalue weighted by atomic mass is 79.9. The zero-order valence-corrected chi connectivity index (χ0v) is 13.1. The molecule has 0 spiro atoms. The Morgan fingerprint density at radius 1 is 1.33 bits per heavy atom. The summed E-state index contributed by atoms with van der Waals surface area (Å²) in [5, 5.41) is 31.4. The fourth-order valence-electron chi connectivity index (χ4n) is 2.95. The lowest BCUT2D eigenvalue weighted by atomic mass is 9.81. The number of aliphatic hydroxyl groups is 1. The fourth-order valence-corrected chi connectivity index (χ4v) is 3.42. The number of hydrogen-bond donors (Lipinski definition) is 3. The van der Waals surface area contributed by atoms with Crippen molar-refractivity contribution in [3.8, 4) is 5.75 Å². The number of aliphatic hydroxyl groups excluding tert-OH is 1. The van der Waals surface area contributed by atoms with Crippen molar-refractivity contribution in [2.24, 2.45) is 11.7 Å². The third-order valence-corrected chi connectivity index (χ3v) is 4.60. The Bertz CT molecular complexity index is 532. The van der Waals surface area contributed by atoms with Gasteiger partial charge in [-0.3, -0.25) is 10.1 Å². The van der Waals surface area contributed by atoms with Gasteiger partial charge in [-0.25, -0.2) is 0 Å². The zero-order valence-electron chi connectivity index (χ0n) is 11.5. The van der Waals surface area contributed by atoms with E-state index in [9.17, 15) is 20.3 Å². The van der Waals surface area contributed by atoms with Gasteiger partial charge in [-0.1, -0.05) is 35.2 Å². The van der Waals surface area contributed by atoms with Crippen LogP contribution in [-0.4, -0.2) is 21.2 Å². The minimum absolute atomic E-state index is 0.0752. The number of nitrogens with two attached hydrogens (primary N) is 1. The summed E-state index contributed by atoms with van der Waals surface area (Å²) < 4.78 is 0.452. The molecule has 21 heavy (non-hydrogen) atoms. The first kappa shape index (κ1) is 16.2. The van der Waals surface area contributed by atoms with Crippen molar-refractivity contribution in [1.29, 1.82) is 0 Å². The van der Waals surface area contributed by atoms with Gasteiger partial charge in [0.1, 0.15) is 0 Å². The molecule has 0 aliphatic heterocycles. The van der Waals surface area contributed by atoms with Crippen LogP contribution in [0.5, 0.6) is 5.75 Å². The Labute approximate surface area is 131 Å². The highest BCUT2D eigenvalue weighted by molar-refractivity contribution is 9.10. The van der Waals surface area contributed by atoms with Crippen LogP contribution in [0.25, 0.3) is 0 Å². The third kappa shape index (κ3) is 3.53. The molecule has 7 heteroatoms. The summed E-state index contributed by atoms with van der Waals surface area (Å²) in [7, 11) is 0. The van der Waals surface area contributed by atoms with Gasteiger partial charge in [-0.15, -0.1) is 0 Å². The van der Waals surface area contributed by atoms with Crippen LogP contribution in [0.2, 0.25) is 0 Å². The van der Waals surface area contributed by atoms with E-state index in [-0.39, 0.29) is 11.5 Å². The van der Waals surface area contributed by atoms with Crippen molar-refractivity contribution in [2.75, 3.05) is 0 Å². The summed E-state index contributed by atoms with van der Waals surface area (Å²) in [6.45, 7) is 0. The van der Waals surface area contributed by atoms with E-state index in [2.05, 4.69) is 15.9 Å². The summed E-state index contributed by atoms with van der Waals surface area (Å²) in [4.78, 5) is 10.3. The number of halogens is 1. The topological polar surface area (TPSA) is 110 Å². The molecule has 6 nitrogen and oxygen atoms in total. The van der Waals surface area contributed by atoms with Crippen LogP contribution in [0.15, 0.2) is 16.6 Å². The van der Waals surface area contributed by atoms with Gasteiger partial charge in [0.2, 0.25) is 0 Å². The van der Waals surface area contributed by atoms with Crippen LogP contribution >= 0.6 is 15.9 Å². The first-order valence-corrected chi connectivity index (χ1v) is 7.81. The molecule has 4 N–H and O–H groups in total. The number of phenols is 1. The van der Waals surface area contributed by atoms with Gasteiger partial charge < -0.3 is 15.9 Å². The summed E-state index contributed by atoms with van der Waals surface area (Å²) in [5.74, 6) is -0.392. The predicted octanol–water partition coefficient (Wildman–Crippen LogP) is 3.00. The molecule has 2 rings (SSSR count). The van der Waals surface area contributed by atoms with Gasteiger partial charge in [0.25, 0.3) is 0 Å². The number of phenolic OH excluding ortho intramolecular Hbond substituents is 1. The molecule has 1 aromatic rings. The second kappa shape index (κ2) is 6.72. The van der Waals surface area contributed by atoms with E-state index in [4.69, 9.17) is 5.73 Å². The van der Waals surface area contributed by atoms with Crippen molar-refractivity contribution in [2.45, 2.75) is 44.2 Å². The third-order valence-electron chi connectivity index (χ3n) is 4.14.